The smallest absolute Gasteiger partial charge is 0.251 e. The number of anilines is 1. The van der Waals surface area contributed by atoms with Crippen molar-refractivity contribution in [2.45, 2.75) is 25.3 Å². The summed E-state index contributed by atoms with van der Waals surface area (Å²) >= 11 is 1.49. The molecule has 4 aromatic rings. The zero-order chi connectivity index (χ0) is 26.0. The van der Waals surface area contributed by atoms with Gasteiger partial charge in [0.15, 0.2) is 0 Å². The number of nitrogens with zero attached hydrogens (tertiary/aromatic N) is 1. The van der Waals surface area contributed by atoms with E-state index in [1.54, 1.807) is 24.3 Å². The van der Waals surface area contributed by atoms with Crippen molar-refractivity contribution in [2.24, 2.45) is 0 Å². The molecular weight excluding hydrogens is 486 g/mol. The van der Waals surface area contributed by atoms with Crippen LogP contribution in [0.4, 0.5) is 5.69 Å². The molecule has 1 aromatic heterocycles. The highest BCUT2D eigenvalue weighted by atomic mass is 32.2. The van der Waals surface area contributed by atoms with E-state index in [9.17, 15) is 9.59 Å². The Labute approximate surface area is 221 Å². The van der Waals surface area contributed by atoms with Gasteiger partial charge in [-0.05, 0) is 68.4 Å². The molecule has 3 aromatic carbocycles. The van der Waals surface area contributed by atoms with Gasteiger partial charge in [-0.3, -0.25) is 9.59 Å². The average Bonchev–Trinajstić information content (AvgIpc) is 3.27. The maximum absolute atomic E-state index is 12.6. The third kappa shape index (κ3) is 7.07. The van der Waals surface area contributed by atoms with Gasteiger partial charge in [0.1, 0.15) is 11.5 Å². The molecule has 0 saturated heterocycles. The normalized spacial score (nSPS) is 10.8. The quantitative estimate of drug-likeness (QED) is 0.239. The van der Waals surface area contributed by atoms with Crippen molar-refractivity contribution in [1.29, 1.82) is 0 Å². The average molecular weight is 518 g/mol. The summed E-state index contributed by atoms with van der Waals surface area (Å²) in [6, 6.07) is 22.6. The molecular formula is C29H31N3O4S. The van der Waals surface area contributed by atoms with Crippen LogP contribution in [0.5, 0.6) is 11.5 Å². The second-order valence-electron chi connectivity index (χ2n) is 8.21. The highest BCUT2D eigenvalue weighted by molar-refractivity contribution is 8.00. The number of thioether (sulfide) groups is 1. The Morgan fingerprint density at radius 2 is 1.51 bits per heavy atom. The van der Waals surface area contributed by atoms with Gasteiger partial charge in [-0.15, -0.1) is 11.8 Å². The molecule has 0 aliphatic heterocycles. The minimum atomic E-state index is -0.125. The lowest BCUT2D eigenvalue weighted by Crippen LogP contribution is -2.27. The van der Waals surface area contributed by atoms with Crippen LogP contribution in [0.1, 0.15) is 24.2 Å². The van der Waals surface area contributed by atoms with Crippen molar-refractivity contribution >= 4 is 40.2 Å². The molecule has 2 N–H and O–H groups in total. The van der Waals surface area contributed by atoms with Gasteiger partial charge in [-0.2, -0.15) is 0 Å². The number of rotatable bonds is 12. The summed E-state index contributed by atoms with van der Waals surface area (Å²) in [4.78, 5) is 26.1. The van der Waals surface area contributed by atoms with Gasteiger partial charge in [0.25, 0.3) is 5.91 Å². The summed E-state index contributed by atoms with van der Waals surface area (Å²) < 4.78 is 13.0. The Balaban J connectivity index is 1.33. The molecule has 2 amide bonds. The summed E-state index contributed by atoms with van der Waals surface area (Å²) in [5.41, 5.74) is 2.39. The Morgan fingerprint density at radius 1 is 0.865 bits per heavy atom. The number of amides is 2. The number of carbonyl (C=O) groups is 2. The van der Waals surface area contributed by atoms with Crippen LogP contribution < -0.4 is 20.1 Å². The molecule has 8 heteroatoms. The molecule has 0 aliphatic carbocycles. The third-order valence-corrected chi connectivity index (χ3v) is 6.67. The van der Waals surface area contributed by atoms with Crippen molar-refractivity contribution in [3.63, 3.8) is 0 Å². The van der Waals surface area contributed by atoms with E-state index < -0.39 is 0 Å². The number of benzene rings is 3. The number of hydrogen-bond donors (Lipinski definition) is 2. The van der Waals surface area contributed by atoms with Gasteiger partial charge >= 0.3 is 0 Å². The number of para-hydroxylation sites is 1. The predicted octanol–water partition coefficient (Wildman–Crippen LogP) is 5.60. The fourth-order valence-corrected chi connectivity index (χ4v) is 4.80. The Morgan fingerprint density at radius 3 is 2.19 bits per heavy atom. The summed E-state index contributed by atoms with van der Waals surface area (Å²) in [6.07, 6.45) is 2.04. The second-order valence-corrected chi connectivity index (χ2v) is 9.23. The number of ether oxygens (including phenoxy) is 2. The van der Waals surface area contributed by atoms with Gasteiger partial charge in [-0.25, -0.2) is 0 Å². The zero-order valence-corrected chi connectivity index (χ0v) is 21.8. The standard InChI is InChI=1S/C29H31N3O4S/c1-3-35-23-13-9-21(10-14-23)29(34)30-17-18-32-19-27(25-7-5-6-8-26(25)32)37-20-28(33)31-22-11-15-24(16-12-22)36-4-2/h5-16,19H,3-4,17-18,20H2,1-2H3,(H,30,34)(H,31,33). The van der Waals surface area contributed by atoms with Crippen LogP contribution in [0.2, 0.25) is 0 Å². The summed E-state index contributed by atoms with van der Waals surface area (Å²) in [5.74, 6) is 1.61. The van der Waals surface area contributed by atoms with Crippen LogP contribution >= 0.6 is 11.8 Å². The van der Waals surface area contributed by atoms with E-state index in [2.05, 4.69) is 21.3 Å². The van der Waals surface area contributed by atoms with Gasteiger partial charge < -0.3 is 24.7 Å². The molecule has 0 bridgehead atoms. The minimum absolute atomic E-state index is 0.0754. The van der Waals surface area contributed by atoms with E-state index in [-0.39, 0.29) is 17.6 Å². The van der Waals surface area contributed by atoms with Crippen molar-refractivity contribution < 1.29 is 19.1 Å². The lowest BCUT2D eigenvalue weighted by atomic mass is 10.2. The van der Waals surface area contributed by atoms with Crippen LogP contribution in [0.3, 0.4) is 0 Å². The second kappa shape index (κ2) is 12.9. The topological polar surface area (TPSA) is 81.6 Å². The van der Waals surface area contributed by atoms with E-state index in [0.29, 0.717) is 31.9 Å². The van der Waals surface area contributed by atoms with Crippen LogP contribution in [0.15, 0.2) is 83.9 Å². The SMILES string of the molecule is CCOc1ccc(NC(=O)CSc2cn(CCNC(=O)c3ccc(OCC)cc3)c3ccccc23)cc1. The van der Waals surface area contributed by atoms with E-state index in [1.165, 1.54) is 11.8 Å². The fraction of sp³-hybridized carbons (Fsp3) is 0.241. The Hall–Kier alpha value is -3.91. The van der Waals surface area contributed by atoms with Crippen molar-refractivity contribution in [3.8, 4) is 11.5 Å². The molecule has 0 aliphatic rings. The molecule has 0 atom stereocenters. The third-order valence-electron chi connectivity index (χ3n) is 5.63. The first-order valence-electron chi connectivity index (χ1n) is 12.3. The van der Waals surface area contributed by atoms with Crippen LogP contribution in [-0.2, 0) is 11.3 Å². The molecule has 0 spiro atoms. The molecule has 192 valence electrons. The monoisotopic (exact) mass is 517 g/mol. The number of nitrogens with one attached hydrogen (secondary N) is 2. The van der Waals surface area contributed by atoms with E-state index in [4.69, 9.17) is 9.47 Å². The molecule has 4 rings (SSSR count). The number of carbonyl (C=O) groups excluding carboxylic acids is 2. The van der Waals surface area contributed by atoms with Crippen molar-refractivity contribution in [3.05, 3.63) is 84.6 Å². The van der Waals surface area contributed by atoms with Gasteiger partial charge in [0.2, 0.25) is 5.91 Å². The first-order valence-corrected chi connectivity index (χ1v) is 13.3. The highest BCUT2D eigenvalue weighted by Gasteiger charge is 2.12. The van der Waals surface area contributed by atoms with Crippen molar-refractivity contribution in [2.75, 3.05) is 30.8 Å². The number of hydrogen-bond acceptors (Lipinski definition) is 5. The Kier molecular flexibility index (Phi) is 9.10. The maximum Gasteiger partial charge on any atom is 0.251 e. The maximum atomic E-state index is 12.6. The summed E-state index contributed by atoms with van der Waals surface area (Å²) in [7, 11) is 0. The molecule has 0 fully saturated rings. The molecule has 0 unspecified atom stereocenters. The Bertz CT molecular complexity index is 1330. The van der Waals surface area contributed by atoms with E-state index >= 15 is 0 Å². The van der Waals surface area contributed by atoms with E-state index in [1.807, 2.05) is 62.5 Å². The summed E-state index contributed by atoms with van der Waals surface area (Å²) in [6.45, 7) is 6.14. The predicted molar refractivity (Wildman–Crippen MR) is 149 cm³/mol. The van der Waals surface area contributed by atoms with Crippen LogP contribution in [-0.4, -0.2) is 41.9 Å². The largest absolute Gasteiger partial charge is 0.494 e. The lowest BCUT2D eigenvalue weighted by molar-refractivity contribution is -0.113. The lowest BCUT2D eigenvalue weighted by Gasteiger charge is -2.08. The zero-order valence-electron chi connectivity index (χ0n) is 21.0. The molecule has 1 heterocycles. The van der Waals surface area contributed by atoms with Gasteiger partial charge in [0.05, 0.1) is 19.0 Å². The van der Waals surface area contributed by atoms with Crippen LogP contribution in [0, 0.1) is 0 Å². The highest BCUT2D eigenvalue weighted by Crippen LogP contribution is 2.30. The van der Waals surface area contributed by atoms with Crippen LogP contribution in [0.25, 0.3) is 10.9 Å². The summed E-state index contributed by atoms with van der Waals surface area (Å²) in [5, 5.41) is 7.00. The molecule has 0 radical (unpaired) electrons. The molecule has 37 heavy (non-hydrogen) atoms. The first-order chi connectivity index (χ1) is 18.1. The number of aromatic nitrogens is 1. The first kappa shape index (κ1) is 26.2. The van der Waals surface area contributed by atoms with Crippen molar-refractivity contribution in [1.82, 2.24) is 9.88 Å². The molecule has 0 saturated carbocycles. The molecule has 7 nitrogen and oxygen atoms in total. The fourth-order valence-electron chi connectivity index (χ4n) is 3.92. The van der Waals surface area contributed by atoms with E-state index in [0.717, 1.165) is 33.0 Å². The van der Waals surface area contributed by atoms with Gasteiger partial charge in [0, 0.05) is 46.3 Å². The number of fused-ring (bicyclic) bond motifs is 1. The minimum Gasteiger partial charge on any atom is -0.494 e. The van der Waals surface area contributed by atoms with Gasteiger partial charge in [-0.1, -0.05) is 18.2 Å².